The van der Waals surface area contributed by atoms with Crippen LogP contribution in [-0.2, 0) is 11.2 Å². The molecule has 5 heteroatoms. The van der Waals surface area contributed by atoms with Gasteiger partial charge in [0, 0.05) is 25.1 Å². The highest BCUT2D eigenvalue weighted by Crippen LogP contribution is 2.34. The average molecular weight is 265 g/mol. The minimum absolute atomic E-state index is 0.240. The van der Waals surface area contributed by atoms with Crippen LogP contribution < -0.4 is 4.90 Å². The Morgan fingerprint density at radius 1 is 1.37 bits per heavy atom. The van der Waals surface area contributed by atoms with Gasteiger partial charge in [0.25, 0.3) is 0 Å². The molecule has 0 bridgehead atoms. The van der Waals surface area contributed by atoms with Crippen LogP contribution in [0.3, 0.4) is 0 Å². The van der Waals surface area contributed by atoms with Gasteiger partial charge in [0.2, 0.25) is 0 Å². The predicted octanol–water partition coefficient (Wildman–Crippen LogP) is 2.18. The molecule has 0 spiro atoms. The maximum absolute atomic E-state index is 14.4. The summed E-state index contributed by atoms with van der Waals surface area (Å²) in [4.78, 5) is 10.3. The molecule has 19 heavy (non-hydrogen) atoms. The van der Waals surface area contributed by atoms with E-state index in [4.69, 9.17) is 4.74 Å². The van der Waals surface area contributed by atoms with E-state index in [1.165, 1.54) is 6.33 Å². The molecule has 1 saturated heterocycles. The third kappa shape index (κ3) is 2.71. The molecule has 0 amide bonds. The fraction of sp³-hybridized carbons (Fsp3) is 0.714. The number of hydrogen-bond acceptors (Lipinski definition) is 4. The van der Waals surface area contributed by atoms with Crippen molar-refractivity contribution in [2.45, 2.75) is 38.6 Å². The molecule has 1 saturated carbocycles. The quantitative estimate of drug-likeness (QED) is 0.818. The van der Waals surface area contributed by atoms with Crippen LogP contribution in [0.5, 0.6) is 0 Å². The van der Waals surface area contributed by atoms with Crippen molar-refractivity contribution in [1.29, 1.82) is 0 Å². The van der Waals surface area contributed by atoms with E-state index < -0.39 is 0 Å². The first-order valence-corrected chi connectivity index (χ1v) is 7.13. The van der Waals surface area contributed by atoms with Crippen molar-refractivity contribution < 1.29 is 9.13 Å². The molecule has 104 valence electrons. The number of anilines is 1. The van der Waals surface area contributed by atoms with Gasteiger partial charge in [-0.15, -0.1) is 0 Å². The van der Waals surface area contributed by atoms with Crippen molar-refractivity contribution in [2.24, 2.45) is 5.92 Å². The SMILES string of the molecule is CCc1ncnc(N(CC2CCOC2)C2CC2)c1F. The summed E-state index contributed by atoms with van der Waals surface area (Å²) >= 11 is 0. The standard InChI is InChI=1S/C14H20FN3O/c1-2-12-13(15)14(17-9-16-12)18(11-3-4-11)7-10-5-6-19-8-10/h9-11H,2-8H2,1H3. The van der Waals surface area contributed by atoms with Crippen LogP contribution >= 0.6 is 0 Å². The molecule has 1 atom stereocenters. The van der Waals surface area contributed by atoms with Crippen LogP contribution in [0.25, 0.3) is 0 Å². The van der Waals surface area contributed by atoms with Crippen LogP contribution in [0.4, 0.5) is 10.2 Å². The maximum Gasteiger partial charge on any atom is 0.187 e. The second-order valence-electron chi connectivity index (χ2n) is 5.42. The van der Waals surface area contributed by atoms with Gasteiger partial charge in [0.15, 0.2) is 11.6 Å². The summed E-state index contributed by atoms with van der Waals surface area (Å²) in [7, 11) is 0. The van der Waals surface area contributed by atoms with E-state index in [-0.39, 0.29) is 5.82 Å². The van der Waals surface area contributed by atoms with E-state index in [1.807, 2.05) is 6.92 Å². The minimum atomic E-state index is -0.240. The van der Waals surface area contributed by atoms with Crippen molar-refractivity contribution >= 4 is 5.82 Å². The zero-order valence-corrected chi connectivity index (χ0v) is 11.3. The lowest BCUT2D eigenvalue weighted by Crippen LogP contribution is -2.33. The largest absolute Gasteiger partial charge is 0.381 e. The zero-order valence-electron chi connectivity index (χ0n) is 11.3. The van der Waals surface area contributed by atoms with E-state index in [2.05, 4.69) is 14.9 Å². The first kappa shape index (κ1) is 12.8. The minimum Gasteiger partial charge on any atom is -0.381 e. The fourth-order valence-corrected chi connectivity index (χ4v) is 2.64. The van der Waals surface area contributed by atoms with Gasteiger partial charge >= 0.3 is 0 Å². The molecule has 1 unspecified atom stereocenters. The maximum atomic E-state index is 14.4. The first-order chi connectivity index (χ1) is 9.29. The van der Waals surface area contributed by atoms with Gasteiger partial charge in [-0.25, -0.2) is 14.4 Å². The van der Waals surface area contributed by atoms with Crippen molar-refractivity contribution in [3.05, 3.63) is 17.8 Å². The van der Waals surface area contributed by atoms with Crippen molar-refractivity contribution in [3.8, 4) is 0 Å². The molecule has 2 fully saturated rings. The second kappa shape index (κ2) is 5.41. The third-order valence-electron chi connectivity index (χ3n) is 3.92. The molecular weight excluding hydrogens is 245 g/mol. The Hall–Kier alpha value is -1.23. The summed E-state index contributed by atoms with van der Waals surface area (Å²) in [6.45, 7) is 4.38. The monoisotopic (exact) mass is 265 g/mol. The molecule has 3 rings (SSSR count). The lowest BCUT2D eigenvalue weighted by molar-refractivity contribution is 0.186. The molecule has 1 aliphatic heterocycles. The van der Waals surface area contributed by atoms with E-state index in [1.54, 1.807) is 0 Å². The first-order valence-electron chi connectivity index (χ1n) is 7.13. The Kier molecular flexibility index (Phi) is 3.64. The van der Waals surface area contributed by atoms with Crippen LogP contribution in [0.2, 0.25) is 0 Å². The van der Waals surface area contributed by atoms with Crippen LogP contribution in [0.15, 0.2) is 6.33 Å². The third-order valence-corrected chi connectivity index (χ3v) is 3.92. The lowest BCUT2D eigenvalue weighted by Gasteiger charge is -2.26. The number of halogens is 1. The molecule has 1 aliphatic carbocycles. The summed E-state index contributed by atoms with van der Waals surface area (Å²) in [5.41, 5.74) is 0.512. The van der Waals surface area contributed by atoms with Crippen LogP contribution in [0, 0.1) is 11.7 Å². The average Bonchev–Trinajstić information content (AvgIpc) is 3.14. The lowest BCUT2D eigenvalue weighted by atomic mass is 10.1. The van der Waals surface area contributed by atoms with Gasteiger partial charge in [-0.05, 0) is 25.7 Å². The van der Waals surface area contributed by atoms with E-state index in [0.717, 1.165) is 39.0 Å². The number of aromatic nitrogens is 2. The topological polar surface area (TPSA) is 38.2 Å². The van der Waals surface area contributed by atoms with Crippen molar-refractivity contribution in [2.75, 3.05) is 24.7 Å². The number of aryl methyl sites for hydroxylation is 1. The molecule has 0 radical (unpaired) electrons. The summed E-state index contributed by atoms with van der Waals surface area (Å²) in [5, 5.41) is 0. The van der Waals surface area contributed by atoms with E-state index in [0.29, 0.717) is 29.9 Å². The number of rotatable bonds is 5. The van der Waals surface area contributed by atoms with Gasteiger partial charge in [-0.3, -0.25) is 0 Å². The molecule has 0 aromatic carbocycles. The number of nitrogens with zero attached hydrogens (tertiary/aromatic N) is 3. The molecule has 0 N–H and O–H groups in total. The molecular formula is C14H20FN3O. The molecule has 1 aromatic rings. The highest BCUT2D eigenvalue weighted by atomic mass is 19.1. The summed E-state index contributed by atoms with van der Waals surface area (Å²) < 4.78 is 19.8. The van der Waals surface area contributed by atoms with E-state index in [9.17, 15) is 4.39 Å². The summed E-state index contributed by atoms with van der Waals surface area (Å²) in [5.74, 6) is 0.747. The van der Waals surface area contributed by atoms with E-state index >= 15 is 0 Å². The van der Waals surface area contributed by atoms with Crippen molar-refractivity contribution in [3.63, 3.8) is 0 Å². The molecule has 2 aliphatic rings. The number of ether oxygens (including phenoxy) is 1. The Morgan fingerprint density at radius 3 is 2.84 bits per heavy atom. The molecule has 4 nitrogen and oxygen atoms in total. The van der Waals surface area contributed by atoms with Gasteiger partial charge in [0.1, 0.15) is 6.33 Å². The Balaban J connectivity index is 1.82. The Labute approximate surface area is 113 Å². The second-order valence-corrected chi connectivity index (χ2v) is 5.42. The zero-order chi connectivity index (χ0) is 13.2. The smallest absolute Gasteiger partial charge is 0.187 e. The van der Waals surface area contributed by atoms with Gasteiger partial charge < -0.3 is 9.64 Å². The normalized spacial score (nSPS) is 22.7. The summed E-state index contributed by atoms with van der Waals surface area (Å²) in [6, 6.07) is 0.453. The predicted molar refractivity (Wildman–Crippen MR) is 70.7 cm³/mol. The van der Waals surface area contributed by atoms with Gasteiger partial charge in [0.05, 0.1) is 12.3 Å². The Morgan fingerprint density at radius 2 is 2.21 bits per heavy atom. The number of hydrogen-bond donors (Lipinski definition) is 0. The van der Waals surface area contributed by atoms with Gasteiger partial charge in [-0.1, -0.05) is 6.92 Å². The Bertz CT molecular complexity index is 444. The highest BCUT2D eigenvalue weighted by molar-refractivity contribution is 5.44. The van der Waals surface area contributed by atoms with Crippen LogP contribution in [-0.4, -0.2) is 35.8 Å². The fourth-order valence-electron chi connectivity index (χ4n) is 2.64. The highest BCUT2D eigenvalue weighted by Gasteiger charge is 2.34. The van der Waals surface area contributed by atoms with Gasteiger partial charge in [-0.2, -0.15) is 0 Å². The molecule has 2 heterocycles. The summed E-state index contributed by atoms with van der Waals surface area (Å²) in [6.07, 6.45) is 5.43. The van der Waals surface area contributed by atoms with Crippen molar-refractivity contribution in [1.82, 2.24) is 9.97 Å². The molecule has 1 aromatic heterocycles. The van der Waals surface area contributed by atoms with Crippen LogP contribution in [0.1, 0.15) is 31.9 Å².